The summed E-state index contributed by atoms with van der Waals surface area (Å²) in [6, 6.07) is 7.78. The van der Waals surface area contributed by atoms with Crippen LogP contribution >= 0.6 is 22.6 Å². The van der Waals surface area contributed by atoms with Gasteiger partial charge in [0.2, 0.25) is 5.91 Å². The lowest BCUT2D eigenvalue weighted by molar-refractivity contribution is -0.129. The number of methoxy groups -OCH3 is 1. The Morgan fingerprint density at radius 3 is 2.38 bits per heavy atom. The molecule has 1 fully saturated rings. The minimum atomic E-state index is -0.463. The third-order valence-corrected chi connectivity index (χ3v) is 4.66. The number of rotatable bonds is 4. The molecule has 1 amide bonds. The highest BCUT2D eigenvalue weighted by atomic mass is 127. The number of aliphatic hydroxyl groups is 1. The average molecular weight is 407 g/mol. The van der Waals surface area contributed by atoms with Crippen molar-refractivity contribution >= 4 is 28.5 Å². The lowest BCUT2D eigenvalue weighted by atomic mass is 10.1. The van der Waals surface area contributed by atoms with Gasteiger partial charge in [-0.05, 0) is 24.6 Å². The number of carbonyl (C=O) groups is 1. The first kappa shape index (κ1) is 18.2. The molecule has 1 saturated heterocycles. The molecule has 1 aromatic carbocycles. The zero-order chi connectivity index (χ0) is 16.0. The number of nitrogens with zero attached hydrogens (tertiary/aromatic N) is 1. The second-order valence-electron chi connectivity index (χ2n) is 4.83. The summed E-state index contributed by atoms with van der Waals surface area (Å²) in [5.41, 5.74) is 1.08. The lowest BCUT2D eigenvalue weighted by Crippen LogP contribution is -2.29. The molecule has 0 bridgehead atoms. The summed E-state index contributed by atoms with van der Waals surface area (Å²) in [6.07, 6.45) is 0.435. The Morgan fingerprint density at radius 1 is 1.38 bits per heavy atom. The van der Waals surface area contributed by atoms with E-state index in [1.165, 1.54) is 0 Å². The van der Waals surface area contributed by atoms with Crippen LogP contribution in [0.5, 0.6) is 5.75 Å². The molecular formula is C16H26INO3. The number of likely N-dealkylation sites (tertiary alicyclic amines) is 1. The van der Waals surface area contributed by atoms with Gasteiger partial charge < -0.3 is 14.7 Å². The molecule has 0 saturated carbocycles. The van der Waals surface area contributed by atoms with Crippen LogP contribution in [0, 0.1) is 5.92 Å². The normalized spacial score (nSPS) is 20.6. The van der Waals surface area contributed by atoms with Crippen LogP contribution in [-0.4, -0.2) is 33.7 Å². The van der Waals surface area contributed by atoms with Gasteiger partial charge in [-0.3, -0.25) is 4.79 Å². The molecule has 1 N–H and O–H groups in total. The Bertz CT molecular complexity index is 453. The maximum atomic E-state index is 12.0. The molecule has 1 heterocycles. The predicted octanol–water partition coefficient (Wildman–Crippen LogP) is 3.63. The third-order valence-electron chi connectivity index (χ3n) is 3.64. The van der Waals surface area contributed by atoms with E-state index in [4.69, 9.17) is 4.74 Å². The minimum Gasteiger partial charge on any atom is -0.497 e. The number of ether oxygens (including phenoxy) is 1. The summed E-state index contributed by atoms with van der Waals surface area (Å²) in [5, 5.41) is 9.60. The molecule has 0 radical (unpaired) electrons. The van der Waals surface area contributed by atoms with Crippen LogP contribution < -0.4 is 4.74 Å². The van der Waals surface area contributed by atoms with Crippen molar-refractivity contribution in [2.45, 2.75) is 37.3 Å². The number of carbonyl (C=O) groups excluding carboxylic acids is 1. The monoisotopic (exact) mass is 407 g/mol. The van der Waals surface area contributed by atoms with E-state index in [0.717, 1.165) is 11.3 Å². The fourth-order valence-corrected chi connectivity index (χ4v) is 2.86. The number of hydrogen-bond acceptors (Lipinski definition) is 3. The minimum absolute atomic E-state index is 0. The van der Waals surface area contributed by atoms with Gasteiger partial charge in [-0.25, -0.2) is 0 Å². The number of hydrogen-bond donors (Lipinski definition) is 1. The van der Waals surface area contributed by atoms with E-state index in [-0.39, 0.29) is 19.3 Å². The number of aliphatic hydroxyl groups excluding tert-OH is 1. The maximum Gasteiger partial charge on any atom is 0.223 e. The van der Waals surface area contributed by atoms with E-state index in [1.807, 2.05) is 72.5 Å². The number of alkyl halides is 1. The quantitative estimate of drug-likeness (QED) is 0.613. The Morgan fingerprint density at radius 2 is 1.95 bits per heavy atom. The Balaban J connectivity index is 0.00000141. The topological polar surface area (TPSA) is 49.8 Å². The third kappa shape index (κ3) is 4.57. The number of amides is 1. The van der Waals surface area contributed by atoms with Gasteiger partial charge in [-0.15, -0.1) is 0 Å². The molecule has 5 heteroatoms. The first-order chi connectivity index (χ1) is 10.0. The molecule has 1 aliphatic heterocycles. The molecular weight excluding hydrogens is 381 g/mol. The van der Waals surface area contributed by atoms with E-state index in [0.29, 0.717) is 13.0 Å². The van der Waals surface area contributed by atoms with Gasteiger partial charge in [0.25, 0.3) is 0 Å². The molecule has 1 unspecified atom stereocenters. The van der Waals surface area contributed by atoms with Crippen molar-refractivity contribution < 1.29 is 16.1 Å². The average Bonchev–Trinajstić information content (AvgIpc) is 2.91. The van der Waals surface area contributed by atoms with Crippen LogP contribution in [0.3, 0.4) is 0 Å². The first-order valence-corrected chi connectivity index (χ1v) is 8.53. The van der Waals surface area contributed by atoms with Crippen LogP contribution in [0.25, 0.3) is 0 Å². The van der Waals surface area contributed by atoms with E-state index in [9.17, 15) is 9.90 Å². The first-order valence-electron chi connectivity index (χ1n) is 7.28. The van der Waals surface area contributed by atoms with E-state index in [2.05, 4.69) is 0 Å². The van der Waals surface area contributed by atoms with Gasteiger partial charge in [-0.1, -0.05) is 48.6 Å². The van der Waals surface area contributed by atoms with Gasteiger partial charge in [0.1, 0.15) is 9.86 Å². The highest BCUT2D eigenvalue weighted by molar-refractivity contribution is 14.1. The van der Waals surface area contributed by atoms with Crippen molar-refractivity contribution in [1.82, 2.24) is 4.90 Å². The number of halogens is 1. The van der Waals surface area contributed by atoms with Crippen molar-refractivity contribution in [3.63, 3.8) is 0 Å². The zero-order valence-corrected chi connectivity index (χ0v) is 15.2. The largest absolute Gasteiger partial charge is 0.497 e. The molecule has 1 aliphatic rings. The van der Waals surface area contributed by atoms with Crippen LogP contribution in [0.2, 0.25) is 0 Å². The summed E-state index contributed by atoms with van der Waals surface area (Å²) >= 11 is 1.97. The molecule has 1 aromatic rings. The smallest absolute Gasteiger partial charge is 0.223 e. The Labute approximate surface area is 142 Å². The van der Waals surface area contributed by atoms with Crippen molar-refractivity contribution in [1.29, 1.82) is 0 Å². The summed E-state index contributed by atoms with van der Waals surface area (Å²) < 4.78 is 4.67. The van der Waals surface area contributed by atoms with Crippen molar-refractivity contribution in [3.05, 3.63) is 29.8 Å². The van der Waals surface area contributed by atoms with Crippen LogP contribution in [0.4, 0.5) is 0 Å². The molecule has 0 aliphatic carbocycles. The van der Waals surface area contributed by atoms with Crippen LogP contribution in [0.1, 0.15) is 40.2 Å². The summed E-state index contributed by atoms with van der Waals surface area (Å²) in [4.78, 5) is 13.9. The second kappa shape index (κ2) is 8.58. The van der Waals surface area contributed by atoms with Gasteiger partial charge in [0, 0.05) is 20.3 Å². The SMILES string of the molecule is CC.COc1ccc([C@H](C)N2C[C@H](C(O)I)CC2=O)cc1.[HH]. The van der Waals surface area contributed by atoms with E-state index < -0.39 is 4.11 Å². The van der Waals surface area contributed by atoms with Crippen molar-refractivity contribution in [2.75, 3.05) is 13.7 Å². The summed E-state index contributed by atoms with van der Waals surface area (Å²) in [6.45, 7) is 6.64. The fraction of sp³-hybridized carbons (Fsp3) is 0.562. The molecule has 0 aromatic heterocycles. The highest BCUT2D eigenvalue weighted by Crippen LogP contribution is 2.31. The molecule has 2 rings (SSSR count). The lowest BCUT2D eigenvalue weighted by Gasteiger charge is -2.25. The zero-order valence-electron chi connectivity index (χ0n) is 13.0. The molecule has 21 heavy (non-hydrogen) atoms. The van der Waals surface area contributed by atoms with Gasteiger partial charge in [0.15, 0.2) is 0 Å². The van der Waals surface area contributed by atoms with Crippen LogP contribution in [0.15, 0.2) is 24.3 Å². The van der Waals surface area contributed by atoms with Gasteiger partial charge in [0.05, 0.1) is 13.2 Å². The Hall–Kier alpha value is -0.820. The fourth-order valence-electron chi connectivity index (χ4n) is 2.38. The number of benzene rings is 1. The van der Waals surface area contributed by atoms with Gasteiger partial charge >= 0.3 is 0 Å². The second-order valence-corrected chi connectivity index (χ2v) is 6.11. The van der Waals surface area contributed by atoms with Crippen molar-refractivity contribution in [3.8, 4) is 5.75 Å². The summed E-state index contributed by atoms with van der Waals surface area (Å²) in [5.74, 6) is 0.960. The molecule has 3 atom stereocenters. The summed E-state index contributed by atoms with van der Waals surface area (Å²) in [7, 11) is 1.63. The molecule has 120 valence electrons. The maximum absolute atomic E-state index is 12.0. The van der Waals surface area contributed by atoms with Crippen LogP contribution in [-0.2, 0) is 4.79 Å². The van der Waals surface area contributed by atoms with E-state index in [1.54, 1.807) is 7.11 Å². The standard InChI is InChI=1S/C14H18INO3.C2H6.H2/c1-9(10-3-5-12(19-2)6-4-10)16-8-11(14(15)18)7-13(16)17;1-2;/h3-6,9,11,14,18H,7-8H2,1-2H3;1-2H3;1H/t9-,11+,14?;;/m0../s1. The molecule has 4 nitrogen and oxygen atoms in total. The predicted molar refractivity (Wildman–Crippen MR) is 94.7 cm³/mol. The van der Waals surface area contributed by atoms with Gasteiger partial charge in [-0.2, -0.15) is 0 Å². The van der Waals surface area contributed by atoms with E-state index >= 15 is 0 Å². The molecule has 0 spiro atoms. The Kier molecular flexibility index (Phi) is 7.45. The highest BCUT2D eigenvalue weighted by Gasteiger charge is 2.35. The van der Waals surface area contributed by atoms with Crippen molar-refractivity contribution in [2.24, 2.45) is 5.92 Å².